The highest BCUT2D eigenvalue weighted by atomic mass is 35.5. The number of nitrogens with zero attached hydrogens (tertiary/aromatic N) is 5. The lowest BCUT2D eigenvalue weighted by Crippen LogP contribution is -2.30. The van der Waals surface area contributed by atoms with Gasteiger partial charge in [0.1, 0.15) is 41.8 Å². The smallest absolute Gasteiger partial charge is 0.418 e. The minimum Gasteiger partial charge on any atom is -0.497 e. The predicted octanol–water partition coefficient (Wildman–Crippen LogP) is 9.57. The van der Waals surface area contributed by atoms with Crippen LogP contribution in [0.15, 0.2) is 101 Å². The zero-order valence-corrected chi connectivity index (χ0v) is 31.4. The number of rotatable bonds is 11. The van der Waals surface area contributed by atoms with Gasteiger partial charge in [0, 0.05) is 42.1 Å². The number of aliphatic imine (C=N–C) groups is 1. The second-order valence-corrected chi connectivity index (χ2v) is 13.9. The number of nitrogens with one attached hydrogen (secondary N) is 1. The van der Waals surface area contributed by atoms with E-state index in [1.54, 1.807) is 44.6 Å². The highest BCUT2D eigenvalue weighted by Crippen LogP contribution is 2.48. The number of amidine groups is 1. The van der Waals surface area contributed by atoms with E-state index in [9.17, 15) is 0 Å². The Balaban J connectivity index is 1.34. The predicted molar refractivity (Wildman–Crippen MR) is 207 cm³/mol. The highest BCUT2D eigenvalue weighted by molar-refractivity contribution is 7.98. The van der Waals surface area contributed by atoms with E-state index in [2.05, 4.69) is 10.3 Å². The molecule has 0 radical (unpaired) electrons. The number of thioether (sulfide) groups is 1. The lowest BCUT2D eigenvalue weighted by Gasteiger charge is -2.29. The summed E-state index contributed by atoms with van der Waals surface area (Å²) < 4.78 is 61.9. The fourth-order valence-corrected chi connectivity index (χ4v) is 7.26. The fourth-order valence-electron chi connectivity index (χ4n) is 6.52. The Morgan fingerprint density at radius 2 is 1.61 bits per heavy atom. The van der Waals surface area contributed by atoms with E-state index in [1.165, 1.54) is 25.3 Å². The van der Waals surface area contributed by atoms with Crippen LogP contribution >= 0.6 is 23.4 Å². The first kappa shape index (κ1) is 36.9. The molecule has 2 aliphatic heterocycles. The molecular formula is C40H36ClF3N6O3S. The average Bonchev–Trinajstić information content (AvgIpc) is 3.35. The first-order valence-corrected chi connectivity index (χ1v) is 18.5. The summed E-state index contributed by atoms with van der Waals surface area (Å²) in [5, 5.41) is 3.27. The van der Waals surface area contributed by atoms with Crippen molar-refractivity contribution in [3.8, 4) is 28.5 Å². The summed E-state index contributed by atoms with van der Waals surface area (Å²) in [6.45, 7) is 2.71. The molecule has 2 aliphatic rings. The number of hydrogen-bond acceptors (Lipinski definition) is 10. The number of benzene rings is 3. The molecule has 54 heavy (non-hydrogen) atoms. The summed E-state index contributed by atoms with van der Waals surface area (Å²) in [5.74, 6) is 2.57. The van der Waals surface area contributed by atoms with Crippen LogP contribution in [-0.2, 0) is 25.8 Å². The number of alkyl halides is 3. The van der Waals surface area contributed by atoms with Gasteiger partial charge >= 0.3 is 6.18 Å². The van der Waals surface area contributed by atoms with Crippen LogP contribution in [0.4, 0.5) is 24.7 Å². The SMILES string of the molecule is COc1ccc(CN(Cc2ccc(OC)cc2)c2cc(C)c(C(F)(F)F)c(-c3cc4c5c(c3Cl)NCN=C5N(Cc3cncc(SC)c3)C=CO4)n2)cc1. The molecule has 0 atom stereocenters. The molecule has 0 unspecified atom stereocenters. The molecule has 0 saturated carbocycles. The first-order valence-electron chi connectivity index (χ1n) is 16.9. The number of anilines is 2. The van der Waals surface area contributed by atoms with E-state index < -0.39 is 11.7 Å². The van der Waals surface area contributed by atoms with E-state index in [0.717, 1.165) is 21.6 Å². The minimum atomic E-state index is -4.74. The molecule has 0 fully saturated rings. The minimum absolute atomic E-state index is 0.0000944. The number of pyridine rings is 2. The summed E-state index contributed by atoms with van der Waals surface area (Å²) >= 11 is 8.72. The Morgan fingerprint density at radius 1 is 0.944 bits per heavy atom. The molecule has 2 aromatic heterocycles. The molecule has 14 heteroatoms. The molecule has 7 rings (SSSR count). The summed E-state index contributed by atoms with van der Waals surface area (Å²) in [4.78, 5) is 18.7. The Morgan fingerprint density at radius 3 is 2.22 bits per heavy atom. The van der Waals surface area contributed by atoms with Crippen molar-refractivity contribution in [2.75, 3.05) is 37.4 Å². The third-order valence-corrected chi connectivity index (χ3v) is 10.2. The standard InChI is InChI=1S/C40H36ClF3N6O3S/c1-24-15-33(50(20-25-5-9-28(51-2)10-6-25)21-26-7-11-29(52-3)12-8-26)48-37(35(24)40(42,43)44)31-17-32-34-38(36(31)41)46-23-47-39(34)49(13-14-53-32)22-27-16-30(54-4)19-45-18-27/h5-19,46H,20-23H2,1-4H3. The second kappa shape index (κ2) is 15.5. The molecule has 0 bridgehead atoms. The van der Waals surface area contributed by atoms with Crippen LogP contribution in [0.1, 0.15) is 33.4 Å². The maximum absolute atomic E-state index is 15.1. The Hall–Kier alpha value is -5.40. The Bertz CT molecular complexity index is 2180. The molecule has 0 aliphatic carbocycles. The quantitative estimate of drug-likeness (QED) is 0.132. The highest BCUT2D eigenvalue weighted by Gasteiger charge is 2.39. The van der Waals surface area contributed by atoms with E-state index >= 15 is 13.2 Å². The van der Waals surface area contributed by atoms with Gasteiger partial charge in [-0.25, -0.2) is 9.98 Å². The van der Waals surface area contributed by atoms with Crippen LogP contribution < -0.4 is 24.4 Å². The van der Waals surface area contributed by atoms with Crippen molar-refractivity contribution in [3.63, 3.8) is 0 Å². The molecule has 5 aromatic rings. The number of aromatic nitrogens is 2. The number of ether oxygens (including phenoxy) is 3. The maximum Gasteiger partial charge on any atom is 0.418 e. The van der Waals surface area contributed by atoms with Gasteiger partial charge in [-0.2, -0.15) is 13.2 Å². The van der Waals surface area contributed by atoms with E-state index in [4.69, 9.17) is 35.8 Å². The van der Waals surface area contributed by atoms with Crippen molar-refractivity contribution in [3.05, 3.63) is 130 Å². The zero-order valence-electron chi connectivity index (χ0n) is 29.9. The van der Waals surface area contributed by atoms with Crippen molar-refractivity contribution >= 4 is 40.7 Å². The number of halogens is 4. The van der Waals surface area contributed by atoms with Crippen LogP contribution in [0.3, 0.4) is 0 Å². The van der Waals surface area contributed by atoms with Crippen LogP contribution in [0.2, 0.25) is 5.02 Å². The number of methoxy groups -OCH3 is 2. The van der Waals surface area contributed by atoms with Crippen LogP contribution in [0, 0.1) is 6.92 Å². The van der Waals surface area contributed by atoms with Gasteiger partial charge in [0.15, 0.2) is 0 Å². The van der Waals surface area contributed by atoms with Gasteiger partial charge in [0.25, 0.3) is 0 Å². The summed E-state index contributed by atoms with van der Waals surface area (Å²) in [6.07, 6.45) is 4.05. The molecule has 0 spiro atoms. The second-order valence-electron chi connectivity index (χ2n) is 12.6. The summed E-state index contributed by atoms with van der Waals surface area (Å²) in [7, 11) is 3.18. The van der Waals surface area contributed by atoms with E-state index in [1.807, 2.05) is 70.7 Å². The van der Waals surface area contributed by atoms with Gasteiger partial charge in [-0.15, -0.1) is 11.8 Å². The lowest BCUT2D eigenvalue weighted by atomic mass is 9.97. The average molecular weight is 773 g/mol. The molecule has 0 saturated heterocycles. The van der Waals surface area contributed by atoms with Gasteiger partial charge in [0.2, 0.25) is 0 Å². The van der Waals surface area contributed by atoms with Gasteiger partial charge in [0.05, 0.1) is 48.3 Å². The van der Waals surface area contributed by atoms with Gasteiger partial charge in [-0.05, 0) is 77.9 Å². The van der Waals surface area contributed by atoms with Crippen molar-refractivity contribution in [2.24, 2.45) is 4.99 Å². The monoisotopic (exact) mass is 772 g/mol. The van der Waals surface area contributed by atoms with Crippen LogP contribution in [-0.4, -0.2) is 47.8 Å². The van der Waals surface area contributed by atoms with Crippen molar-refractivity contribution in [2.45, 2.75) is 37.6 Å². The van der Waals surface area contributed by atoms with E-state index in [-0.39, 0.29) is 34.3 Å². The maximum atomic E-state index is 15.1. The molecule has 4 heterocycles. The van der Waals surface area contributed by atoms with Crippen molar-refractivity contribution in [1.29, 1.82) is 0 Å². The van der Waals surface area contributed by atoms with Gasteiger partial charge in [-0.3, -0.25) is 4.98 Å². The normalized spacial score (nSPS) is 13.3. The number of aryl methyl sites for hydroxylation is 1. The zero-order chi connectivity index (χ0) is 38.0. The summed E-state index contributed by atoms with van der Waals surface area (Å²) in [6, 6.07) is 20.1. The summed E-state index contributed by atoms with van der Waals surface area (Å²) in [5.41, 5.74) is 2.59. The third kappa shape index (κ3) is 7.64. The lowest BCUT2D eigenvalue weighted by molar-refractivity contribution is -0.137. The molecule has 1 N–H and O–H groups in total. The number of hydrogen-bond donors (Lipinski definition) is 1. The van der Waals surface area contributed by atoms with Gasteiger partial charge in [-0.1, -0.05) is 35.9 Å². The Kier molecular flexibility index (Phi) is 10.6. The van der Waals surface area contributed by atoms with Crippen molar-refractivity contribution in [1.82, 2.24) is 14.9 Å². The third-order valence-electron chi connectivity index (χ3n) is 9.13. The molecular weight excluding hydrogens is 737 g/mol. The van der Waals surface area contributed by atoms with Crippen LogP contribution in [0.5, 0.6) is 17.2 Å². The molecule has 3 aromatic carbocycles. The van der Waals surface area contributed by atoms with Crippen molar-refractivity contribution < 1.29 is 27.4 Å². The molecule has 278 valence electrons. The fraction of sp³-hybridized carbons (Fsp3) is 0.225. The first-order chi connectivity index (χ1) is 26.1. The topological polar surface area (TPSA) is 84.3 Å². The Labute approximate surface area is 320 Å². The molecule has 0 amide bonds. The molecule has 9 nitrogen and oxygen atoms in total. The largest absolute Gasteiger partial charge is 0.497 e. The van der Waals surface area contributed by atoms with E-state index in [0.29, 0.717) is 54.0 Å². The van der Waals surface area contributed by atoms with Gasteiger partial charge < -0.3 is 29.3 Å². The van der Waals surface area contributed by atoms with Crippen LogP contribution in [0.25, 0.3) is 11.3 Å².